The first-order valence-electron chi connectivity index (χ1n) is 7.18. The van der Waals surface area contributed by atoms with Crippen LogP contribution in [0.15, 0.2) is 52.9 Å². The number of alkyl halides is 3. The molecule has 1 heterocycles. The zero-order valence-corrected chi connectivity index (χ0v) is 12.9. The summed E-state index contributed by atoms with van der Waals surface area (Å²) in [6, 6.07) is 9.47. The number of aromatic nitrogens is 1. The van der Waals surface area contributed by atoms with Gasteiger partial charge in [0.15, 0.2) is 17.7 Å². The van der Waals surface area contributed by atoms with Crippen LogP contribution in [0, 0.1) is 10.1 Å². The van der Waals surface area contributed by atoms with Gasteiger partial charge in [-0.2, -0.15) is 13.2 Å². The zero-order valence-electron chi connectivity index (χ0n) is 12.9. The van der Waals surface area contributed by atoms with Crippen LogP contribution < -0.4 is 0 Å². The molecular formula is C17H9F3N2O4. The van der Waals surface area contributed by atoms with Crippen molar-refractivity contribution in [2.75, 3.05) is 0 Å². The van der Waals surface area contributed by atoms with Crippen molar-refractivity contribution in [2.24, 2.45) is 0 Å². The number of carbonyl (C=O) groups excluding carboxylic acids is 1. The summed E-state index contributed by atoms with van der Waals surface area (Å²) in [6.45, 7) is 0. The molecule has 132 valence electrons. The summed E-state index contributed by atoms with van der Waals surface area (Å²) in [4.78, 5) is 25.5. The molecule has 0 atom stereocenters. The van der Waals surface area contributed by atoms with E-state index in [1.54, 1.807) is 0 Å². The Kier molecular flexibility index (Phi) is 4.29. The van der Waals surface area contributed by atoms with E-state index in [1.165, 1.54) is 36.4 Å². The van der Waals surface area contributed by atoms with Gasteiger partial charge in [-0.1, -0.05) is 12.1 Å². The number of oxazole rings is 1. The molecule has 0 unspecified atom stereocenters. The number of nitrogens with zero attached hydrogens (tertiary/aromatic N) is 2. The van der Waals surface area contributed by atoms with Crippen molar-refractivity contribution in [1.29, 1.82) is 0 Å². The Morgan fingerprint density at radius 3 is 2.35 bits per heavy atom. The third-order valence-corrected chi connectivity index (χ3v) is 3.54. The molecule has 0 amide bonds. The molecule has 0 aliphatic heterocycles. The molecule has 0 saturated heterocycles. The number of hydrogen-bond acceptors (Lipinski definition) is 5. The standard InChI is InChI=1S/C17H9F3N2O4/c18-17(19,20)12-6-4-10(5-7-12)16-21-14(9-23)15(26-16)11-2-1-3-13(8-11)22(24)25/h1-9H. The van der Waals surface area contributed by atoms with Gasteiger partial charge in [0.2, 0.25) is 5.89 Å². The first-order chi connectivity index (χ1) is 12.3. The highest BCUT2D eigenvalue weighted by Crippen LogP contribution is 2.33. The van der Waals surface area contributed by atoms with Crippen LogP contribution in [0.3, 0.4) is 0 Å². The summed E-state index contributed by atoms with van der Waals surface area (Å²) in [7, 11) is 0. The van der Waals surface area contributed by atoms with Crippen LogP contribution in [0.2, 0.25) is 0 Å². The second kappa shape index (κ2) is 6.43. The van der Waals surface area contributed by atoms with Gasteiger partial charge in [-0.3, -0.25) is 14.9 Å². The average molecular weight is 362 g/mol. The average Bonchev–Trinajstić information content (AvgIpc) is 3.05. The summed E-state index contributed by atoms with van der Waals surface area (Å²) in [5.74, 6) is -0.0686. The van der Waals surface area contributed by atoms with Gasteiger partial charge in [-0.15, -0.1) is 0 Å². The van der Waals surface area contributed by atoms with E-state index in [0.717, 1.165) is 12.1 Å². The molecule has 0 N–H and O–H groups in total. The lowest BCUT2D eigenvalue weighted by atomic mass is 10.1. The van der Waals surface area contributed by atoms with Crippen molar-refractivity contribution in [1.82, 2.24) is 4.98 Å². The fourth-order valence-corrected chi connectivity index (χ4v) is 2.30. The first kappa shape index (κ1) is 17.3. The fraction of sp³-hybridized carbons (Fsp3) is 0.0588. The zero-order chi connectivity index (χ0) is 18.9. The number of non-ortho nitro benzene ring substituents is 1. The van der Waals surface area contributed by atoms with Crippen LogP contribution in [0.5, 0.6) is 0 Å². The van der Waals surface area contributed by atoms with E-state index in [2.05, 4.69) is 4.98 Å². The number of nitro groups is 1. The van der Waals surface area contributed by atoms with Gasteiger partial charge < -0.3 is 4.42 Å². The van der Waals surface area contributed by atoms with E-state index >= 15 is 0 Å². The van der Waals surface area contributed by atoms with Crippen LogP contribution in [0.4, 0.5) is 18.9 Å². The summed E-state index contributed by atoms with van der Waals surface area (Å²) < 4.78 is 43.4. The van der Waals surface area contributed by atoms with Gasteiger partial charge in [-0.05, 0) is 24.3 Å². The van der Waals surface area contributed by atoms with Crippen molar-refractivity contribution in [3.05, 3.63) is 69.9 Å². The Labute approximate surface area is 144 Å². The lowest BCUT2D eigenvalue weighted by Gasteiger charge is -2.06. The van der Waals surface area contributed by atoms with Crippen molar-refractivity contribution in [3.63, 3.8) is 0 Å². The summed E-state index contributed by atoms with van der Waals surface area (Å²) in [5, 5.41) is 10.9. The Balaban J connectivity index is 2.03. The van der Waals surface area contributed by atoms with E-state index in [0.29, 0.717) is 6.29 Å². The normalized spacial score (nSPS) is 11.3. The van der Waals surface area contributed by atoms with Gasteiger partial charge in [0.25, 0.3) is 5.69 Å². The largest absolute Gasteiger partial charge is 0.435 e. The maximum Gasteiger partial charge on any atom is 0.416 e. The summed E-state index contributed by atoms with van der Waals surface area (Å²) in [6.07, 6.45) is -4.07. The van der Waals surface area contributed by atoms with Gasteiger partial charge in [0, 0.05) is 23.3 Å². The van der Waals surface area contributed by atoms with E-state index in [4.69, 9.17) is 4.42 Å². The minimum Gasteiger partial charge on any atom is -0.435 e. The number of carbonyl (C=O) groups is 1. The molecule has 0 radical (unpaired) electrons. The molecule has 0 fully saturated rings. The maximum atomic E-state index is 12.6. The van der Waals surface area contributed by atoms with Crippen molar-refractivity contribution in [3.8, 4) is 22.8 Å². The SMILES string of the molecule is O=Cc1nc(-c2ccc(C(F)(F)F)cc2)oc1-c1cccc([N+](=O)[O-])c1. The summed E-state index contributed by atoms with van der Waals surface area (Å²) >= 11 is 0. The highest BCUT2D eigenvalue weighted by molar-refractivity contribution is 5.84. The predicted octanol–water partition coefficient (Wildman–Crippen LogP) is 4.75. The molecule has 0 bridgehead atoms. The highest BCUT2D eigenvalue weighted by atomic mass is 19.4. The Hall–Kier alpha value is -3.49. The van der Waals surface area contributed by atoms with Crippen LogP contribution in [0.25, 0.3) is 22.8 Å². The minimum absolute atomic E-state index is 0.00130. The van der Waals surface area contributed by atoms with Gasteiger partial charge in [0.05, 0.1) is 10.5 Å². The summed E-state index contributed by atoms with van der Waals surface area (Å²) in [5.41, 5.74) is -0.653. The topological polar surface area (TPSA) is 86.2 Å². The molecule has 6 nitrogen and oxygen atoms in total. The van der Waals surface area contributed by atoms with Crippen LogP contribution in [0.1, 0.15) is 16.1 Å². The van der Waals surface area contributed by atoms with Gasteiger partial charge in [0.1, 0.15) is 0 Å². The Bertz CT molecular complexity index is 978. The van der Waals surface area contributed by atoms with E-state index in [1.807, 2.05) is 0 Å². The first-order valence-corrected chi connectivity index (χ1v) is 7.18. The number of nitro benzene ring substituents is 1. The van der Waals surface area contributed by atoms with Crippen LogP contribution >= 0.6 is 0 Å². The maximum absolute atomic E-state index is 12.6. The Morgan fingerprint density at radius 1 is 1.08 bits per heavy atom. The third kappa shape index (κ3) is 3.32. The molecule has 0 aliphatic rings. The van der Waals surface area contributed by atoms with Crippen molar-refractivity contribution < 1.29 is 27.3 Å². The number of benzene rings is 2. The van der Waals surface area contributed by atoms with E-state index in [9.17, 15) is 28.1 Å². The van der Waals surface area contributed by atoms with Gasteiger partial charge in [-0.25, -0.2) is 4.98 Å². The molecule has 0 spiro atoms. The Morgan fingerprint density at radius 2 is 1.77 bits per heavy atom. The lowest BCUT2D eigenvalue weighted by Crippen LogP contribution is -2.03. The highest BCUT2D eigenvalue weighted by Gasteiger charge is 2.30. The van der Waals surface area contributed by atoms with Crippen molar-refractivity contribution >= 4 is 12.0 Å². The van der Waals surface area contributed by atoms with E-state index in [-0.39, 0.29) is 34.2 Å². The van der Waals surface area contributed by atoms with Crippen molar-refractivity contribution in [2.45, 2.75) is 6.18 Å². The minimum atomic E-state index is -4.47. The van der Waals surface area contributed by atoms with Gasteiger partial charge >= 0.3 is 6.18 Å². The molecule has 1 aromatic heterocycles. The van der Waals surface area contributed by atoms with E-state index < -0.39 is 16.7 Å². The quantitative estimate of drug-likeness (QED) is 0.380. The van der Waals surface area contributed by atoms with Crippen LogP contribution in [-0.2, 0) is 6.18 Å². The second-order valence-corrected chi connectivity index (χ2v) is 5.23. The monoisotopic (exact) mass is 362 g/mol. The second-order valence-electron chi connectivity index (χ2n) is 5.23. The van der Waals surface area contributed by atoms with Crippen LogP contribution in [-0.4, -0.2) is 16.2 Å². The molecule has 0 saturated carbocycles. The molecule has 3 aromatic rings. The predicted molar refractivity (Wildman–Crippen MR) is 84.4 cm³/mol. The number of halogens is 3. The molecule has 0 aliphatic carbocycles. The lowest BCUT2D eigenvalue weighted by molar-refractivity contribution is -0.384. The fourth-order valence-electron chi connectivity index (χ4n) is 2.30. The number of aldehydes is 1. The third-order valence-electron chi connectivity index (χ3n) is 3.54. The molecule has 2 aromatic carbocycles. The molecular weight excluding hydrogens is 353 g/mol. The number of rotatable bonds is 4. The molecule has 26 heavy (non-hydrogen) atoms. The number of hydrogen-bond donors (Lipinski definition) is 0. The molecule has 9 heteroatoms. The smallest absolute Gasteiger partial charge is 0.416 e. The molecule has 3 rings (SSSR count).